The summed E-state index contributed by atoms with van der Waals surface area (Å²) in [6.45, 7) is 3.72. The van der Waals surface area contributed by atoms with Crippen molar-refractivity contribution in [1.82, 2.24) is 19.7 Å². The lowest BCUT2D eigenvalue weighted by Gasteiger charge is -2.39. The van der Waals surface area contributed by atoms with Crippen molar-refractivity contribution in [3.63, 3.8) is 0 Å². The Morgan fingerprint density at radius 1 is 1.04 bits per heavy atom. The van der Waals surface area contributed by atoms with Gasteiger partial charge in [0.05, 0.1) is 6.04 Å². The normalized spacial score (nSPS) is 20.6. The predicted molar refractivity (Wildman–Crippen MR) is 102 cm³/mol. The summed E-state index contributed by atoms with van der Waals surface area (Å²) in [4.78, 5) is 35.7. The van der Waals surface area contributed by atoms with Gasteiger partial charge in [0, 0.05) is 45.5 Å². The Bertz CT molecular complexity index is 843. The van der Waals surface area contributed by atoms with Crippen molar-refractivity contribution in [2.75, 3.05) is 32.7 Å². The van der Waals surface area contributed by atoms with Gasteiger partial charge in [0.25, 0.3) is 5.91 Å². The molecule has 146 valence electrons. The zero-order valence-corrected chi connectivity index (χ0v) is 15.6. The van der Waals surface area contributed by atoms with E-state index in [0.29, 0.717) is 44.8 Å². The highest BCUT2D eigenvalue weighted by atomic mass is 19.1. The standard InChI is InChI=1S/C21H23FN4O2/c22-17-6-4-16(5-7-17)15-26-14-12-24-11-13-25(10-8-19(24)21(26)28)20(27)18-3-1-2-9-23-18/h1-7,9,19H,8,10-15H2. The second kappa shape index (κ2) is 8.06. The predicted octanol–water partition coefficient (Wildman–Crippen LogP) is 1.78. The molecule has 7 heteroatoms. The smallest absolute Gasteiger partial charge is 0.272 e. The first-order chi connectivity index (χ1) is 13.6. The van der Waals surface area contributed by atoms with Gasteiger partial charge in [-0.15, -0.1) is 0 Å². The molecule has 2 saturated heterocycles. The molecule has 0 N–H and O–H groups in total. The number of benzene rings is 1. The van der Waals surface area contributed by atoms with Crippen LogP contribution in [-0.4, -0.2) is 70.3 Å². The fourth-order valence-corrected chi connectivity index (χ4v) is 3.92. The third-order valence-corrected chi connectivity index (χ3v) is 5.48. The van der Waals surface area contributed by atoms with Gasteiger partial charge in [-0.25, -0.2) is 4.39 Å². The molecule has 2 aliphatic heterocycles. The van der Waals surface area contributed by atoms with Crippen molar-refractivity contribution in [2.45, 2.75) is 19.0 Å². The Labute approximate surface area is 163 Å². The molecule has 2 fully saturated rings. The Kier molecular flexibility index (Phi) is 5.34. The number of aromatic nitrogens is 1. The minimum atomic E-state index is -0.277. The molecule has 0 saturated carbocycles. The van der Waals surface area contributed by atoms with E-state index in [1.54, 1.807) is 41.4 Å². The molecular formula is C21H23FN4O2. The highest BCUT2D eigenvalue weighted by molar-refractivity contribution is 5.92. The van der Waals surface area contributed by atoms with E-state index in [1.807, 2.05) is 4.90 Å². The molecule has 0 aliphatic carbocycles. The van der Waals surface area contributed by atoms with Crippen molar-refractivity contribution in [3.8, 4) is 0 Å². The van der Waals surface area contributed by atoms with Gasteiger partial charge < -0.3 is 9.80 Å². The number of hydrogen-bond donors (Lipinski definition) is 0. The first-order valence-electron chi connectivity index (χ1n) is 9.59. The number of carbonyl (C=O) groups is 2. The summed E-state index contributed by atoms with van der Waals surface area (Å²) in [5.74, 6) is -0.278. The number of amides is 2. The number of fused-ring (bicyclic) bond motifs is 1. The number of rotatable bonds is 3. The van der Waals surface area contributed by atoms with Crippen molar-refractivity contribution in [2.24, 2.45) is 0 Å². The molecule has 2 amide bonds. The molecular weight excluding hydrogens is 359 g/mol. The third-order valence-electron chi connectivity index (χ3n) is 5.48. The minimum absolute atomic E-state index is 0.0858. The summed E-state index contributed by atoms with van der Waals surface area (Å²) in [6.07, 6.45) is 2.22. The molecule has 1 aromatic heterocycles. The largest absolute Gasteiger partial charge is 0.336 e. The molecule has 28 heavy (non-hydrogen) atoms. The van der Waals surface area contributed by atoms with Crippen molar-refractivity contribution < 1.29 is 14.0 Å². The highest BCUT2D eigenvalue weighted by Crippen LogP contribution is 2.20. The van der Waals surface area contributed by atoms with Gasteiger partial charge in [0.2, 0.25) is 5.91 Å². The van der Waals surface area contributed by atoms with Gasteiger partial charge in [-0.1, -0.05) is 18.2 Å². The zero-order chi connectivity index (χ0) is 19.5. The lowest BCUT2D eigenvalue weighted by molar-refractivity contribution is -0.142. The van der Waals surface area contributed by atoms with Gasteiger partial charge in [-0.2, -0.15) is 0 Å². The maximum Gasteiger partial charge on any atom is 0.272 e. The number of hydrogen-bond acceptors (Lipinski definition) is 4. The van der Waals surface area contributed by atoms with E-state index in [0.717, 1.165) is 12.1 Å². The molecule has 3 heterocycles. The molecule has 1 unspecified atom stereocenters. The van der Waals surface area contributed by atoms with Crippen LogP contribution in [0.15, 0.2) is 48.7 Å². The van der Waals surface area contributed by atoms with Gasteiger partial charge in [0.1, 0.15) is 11.5 Å². The van der Waals surface area contributed by atoms with Crippen LogP contribution in [0.25, 0.3) is 0 Å². The molecule has 1 atom stereocenters. The Morgan fingerprint density at radius 3 is 2.57 bits per heavy atom. The van der Waals surface area contributed by atoms with E-state index in [-0.39, 0.29) is 23.7 Å². The van der Waals surface area contributed by atoms with E-state index in [4.69, 9.17) is 0 Å². The van der Waals surface area contributed by atoms with Crippen LogP contribution in [0.2, 0.25) is 0 Å². The molecule has 4 rings (SSSR count). The lowest BCUT2D eigenvalue weighted by Crippen LogP contribution is -2.56. The fourth-order valence-electron chi connectivity index (χ4n) is 3.92. The molecule has 6 nitrogen and oxygen atoms in total. The topological polar surface area (TPSA) is 56.8 Å². The van der Waals surface area contributed by atoms with Crippen LogP contribution >= 0.6 is 0 Å². The van der Waals surface area contributed by atoms with Crippen molar-refractivity contribution >= 4 is 11.8 Å². The Morgan fingerprint density at radius 2 is 1.82 bits per heavy atom. The molecule has 1 aromatic carbocycles. The van der Waals surface area contributed by atoms with E-state index >= 15 is 0 Å². The number of nitrogens with zero attached hydrogens (tertiary/aromatic N) is 4. The molecule has 0 spiro atoms. The summed E-state index contributed by atoms with van der Waals surface area (Å²) in [5.41, 5.74) is 1.36. The summed E-state index contributed by atoms with van der Waals surface area (Å²) in [5, 5.41) is 0. The zero-order valence-electron chi connectivity index (χ0n) is 15.6. The number of piperazine rings is 1. The maximum atomic E-state index is 13.1. The van der Waals surface area contributed by atoms with Crippen LogP contribution in [0.4, 0.5) is 4.39 Å². The summed E-state index contributed by atoms with van der Waals surface area (Å²) < 4.78 is 13.1. The minimum Gasteiger partial charge on any atom is -0.336 e. The van der Waals surface area contributed by atoms with Gasteiger partial charge in [-0.3, -0.25) is 19.5 Å². The van der Waals surface area contributed by atoms with Crippen molar-refractivity contribution in [3.05, 3.63) is 65.7 Å². The second-order valence-electron chi connectivity index (χ2n) is 7.23. The monoisotopic (exact) mass is 382 g/mol. The molecule has 2 aromatic rings. The van der Waals surface area contributed by atoms with Crippen LogP contribution in [0.5, 0.6) is 0 Å². The van der Waals surface area contributed by atoms with Crippen LogP contribution in [0.1, 0.15) is 22.5 Å². The van der Waals surface area contributed by atoms with Gasteiger partial charge in [0.15, 0.2) is 0 Å². The fraction of sp³-hybridized carbons (Fsp3) is 0.381. The first-order valence-corrected chi connectivity index (χ1v) is 9.59. The van der Waals surface area contributed by atoms with Crippen LogP contribution in [0.3, 0.4) is 0 Å². The summed E-state index contributed by atoms with van der Waals surface area (Å²) in [7, 11) is 0. The Hall–Kier alpha value is -2.80. The number of carbonyl (C=O) groups excluding carboxylic acids is 2. The molecule has 0 bridgehead atoms. The first kappa shape index (κ1) is 18.6. The SMILES string of the molecule is O=C(c1ccccn1)N1CCC2C(=O)N(Cc3ccc(F)cc3)CCN2CC1. The van der Waals surface area contributed by atoms with Crippen LogP contribution in [0, 0.1) is 5.82 Å². The maximum absolute atomic E-state index is 13.1. The van der Waals surface area contributed by atoms with E-state index in [2.05, 4.69) is 9.88 Å². The van der Waals surface area contributed by atoms with E-state index < -0.39 is 0 Å². The Balaban J connectivity index is 1.42. The number of halogens is 1. The lowest BCUT2D eigenvalue weighted by atomic mass is 10.1. The summed E-state index contributed by atoms with van der Waals surface area (Å²) in [6, 6.07) is 11.4. The van der Waals surface area contributed by atoms with Gasteiger partial charge in [-0.05, 0) is 36.2 Å². The third kappa shape index (κ3) is 3.89. The van der Waals surface area contributed by atoms with Gasteiger partial charge >= 0.3 is 0 Å². The average Bonchev–Trinajstić information content (AvgIpc) is 2.95. The molecule has 0 radical (unpaired) electrons. The number of pyridine rings is 1. The molecule has 2 aliphatic rings. The summed E-state index contributed by atoms with van der Waals surface area (Å²) >= 11 is 0. The van der Waals surface area contributed by atoms with E-state index in [9.17, 15) is 14.0 Å². The second-order valence-corrected chi connectivity index (χ2v) is 7.23. The quantitative estimate of drug-likeness (QED) is 0.812. The van der Waals surface area contributed by atoms with E-state index in [1.165, 1.54) is 12.1 Å². The van der Waals surface area contributed by atoms with Crippen molar-refractivity contribution in [1.29, 1.82) is 0 Å². The average molecular weight is 382 g/mol. The van der Waals surface area contributed by atoms with Crippen LogP contribution in [-0.2, 0) is 11.3 Å². The van der Waals surface area contributed by atoms with Crippen LogP contribution < -0.4 is 0 Å². The highest BCUT2D eigenvalue weighted by Gasteiger charge is 2.37.